The number of fused-ring (bicyclic) bond motifs is 1. The summed E-state index contributed by atoms with van der Waals surface area (Å²) >= 11 is 0. The van der Waals surface area contributed by atoms with Crippen LogP contribution in [-0.2, 0) is 7.05 Å². The van der Waals surface area contributed by atoms with Gasteiger partial charge in [-0.2, -0.15) is 0 Å². The summed E-state index contributed by atoms with van der Waals surface area (Å²) < 4.78 is 14.5. The number of amidine groups is 1. The molecule has 0 aliphatic carbocycles. The molecule has 6 heteroatoms. The zero-order chi connectivity index (χ0) is 11.0. The third-order valence-electron chi connectivity index (χ3n) is 2.18. The average molecular weight is 208 g/mol. The summed E-state index contributed by atoms with van der Waals surface area (Å²) in [5.41, 5.74) is 6.61. The van der Waals surface area contributed by atoms with Crippen molar-refractivity contribution in [3.63, 3.8) is 0 Å². The lowest BCUT2D eigenvalue weighted by Gasteiger charge is -1.98. The molecule has 0 bridgehead atoms. The largest absolute Gasteiger partial charge is 0.409 e. The van der Waals surface area contributed by atoms with Crippen LogP contribution in [0.25, 0.3) is 11.0 Å². The Morgan fingerprint density at radius 1 is 1.60 bits per heavy atom. The second-order valence-electron chi connectivity index (χ2n) is 3.11. The number of hydrogen-bond donors (Lipinski definition) is 2. The molecule has 0 aliphatic rings. The van der Waals surface area contributed by atoms with Gasteiger partial charge in [0.05, 0.1) is 11.0 Å². The molecule has 0 aliphatic heterocycles. The van der Waals surface area contributed by atoms with E-state index in [4.69, 9.17) is 10.9 Å². The van der Waals surface area contributed by atoms with Gasteiger partial charge in [0.1, 0.15) is 5.82 Å². The van der Waals surface area contributed by atoms with E-state index in [1.807, 2.05) is 0 Å². The fourth-order valence-corrected chi connectivity index (χ4v) is 1.44. The van der Waals surface area contributed by atoms with Crippen LogP contribution >= 0.6 is 0 Å². The van der Waals surface area contributed by atoms with Gasteiger partial charge in [-0.25, -0.2) is 9.37 Å². The molecule has 1 heterocycles. The van der Waals surface area contributed by atoms with Gasteiger partial charge in [-0.05, 0) is 18.2 Å². The van der Waals surface area contributed by atoms with E-state index in [-0.39, 0.29) is 11.7 Å². The van der Waals surface area contributed by atoms with E-state index in [2.05, 4.69) is 10.1 Å². The van der Waals surface area contributed by atoms with Crippen molar-refractivity contribution in [3.8, 4) is 0 Å². The highest BCUT2D eigenvalue weighted by molar-refractivity contribution is 5.97. The van der Waals surface area contributed by atoms with Crippen molar-refractivity contribution < 1.29 is 9.60 Å². The van der Waals surface area contributed by atoms with Crippen molar-refractivity contribution >= 4 is 16.9 Å². The molecule has 0 atom stereocenters. The van der Waals surface area contributed by atoms with Gasteiger partial charge in [0, 0.05) is 7.05 Å². The molecule has 0 unspecified atom stereocenters. The number of nitrogens with zero attached hydrogens (tertiary/aromatic N) is 3. The molecule has 0 radical (unpaired) electrons. The molecule has 0 fully saturated rings. The van der Waals surface area contributed by atoms with Crippen LogP contribution in [0.1, 0.15) is 5.82 Å². The third kappa shape index (κ3) is 1.39. The van der Waals surface area contributed by atoms with Gasteiger partial charge in [-0.1, -0.05) is 5.16 Å². The Morgan fingerprint density at radius 2 is 2.33 bits per heavy atom. The van der Waals surface area contributed by atoms with Crippen LogP contribution in [0.3, 0.4) is 0 Å². The molecular formula is C9H9FN4O. The molecule has 0 spiro atoms. The number of hydrogen-bond acceptors (Lipinski definition) is 3. The van der Waals surface area contributed by atoms with Gasteiger partial charge >= 0.3 is 0 Å². The van der Waals surface area contributed by atoms with Gasteiger partial charge in [-0.3, -0.25) is 0 Å². The molecule has 2 aromatic rings. The van der Waals surface area contributed by atoms with Crippen LogP contribution in [0.15, 0.2) is 23.4 Å². The zero-order valence-electron chi connectivity index (χ0n) is 7.98. The van der Waals surface area contributed by atoms with Crippen molar-refractivity contribution in [2.75, 3.05) is 0 Å². The zero-order valence-corrected chi connectivity index (χ0v) is 7.98. The summed E-state index contributed by atoms with van der Waals surface area (Å²) in [6.45, 7) is 0. The Labute approximate surface area is 84.6 Å². The second-order valence-corrected chi connectivity index (χ2v) is 3.11. The predicted octanol–water partition coefficient (Wildman–Crippen LogP) is 0.807. The molecule has 2 rings (SSSR count). The minimum absolute atomic E-state index is 0.103. The van der Waals surface area contributed by atoms with Crippen molar-refractivity contribution in [1.29, 1.82) is 0 Å². The van der Waals surface area contributed by atoms with Gasteiger partial charge in [0.2, 0.25) is 5.84 Å². The Hall–Kier alpha value is -2.11. The maximum absolute atomic E-state index is 13.0. The number of halogens is 1. The number of aromatic nitrogens is 2. The minimum atomic E-state index is -0.350. The van der Waals surface area contributed by atoms with E-state index in [0.29, 0.717) is 16.9 Å². The van der Waals surface area contributed by atoms with Crippen molar-refractivity contribution in [2.45, 2.75) is 0 Å². The smallest absolute Gasteiger partial charge is 0.206 e. The van der Waals surface area contributed by atoms with Gasteiger partial charge in [0.15, 0.2) is 5.82 Å². The van der Waals surface area contributed by atoms with Crippen LogP contribution in [0, 0.1) is 5.82 Å². The number of nitrogens with two attached hydrogens (primary N) is 1. The molecule has 5 nitrogen and oxygen atoms in total. The predicted molar refractivity (Wildman–Crippen MR) is 53.2 cm³/mol. The molecule has 78 valence electrons. The normalized spacial score (nSPS) is 12.3. The summed E-state index contributed by atoms with van der Waals surface area (Å²) in [6.07, 6.45) is 0. The fraction of sp³-hybridized carbons (Fsp3) is 0.111. The first-order chi connectivity index (χ1) is 7.13. The summed E-state index contributed by atoms with van der Waals surface area (Å²) in [6, 6.07) is 4.20. The second kappa shape index (κ2) is 3.23. The molecule has 15 heavy (non-hydrogen) atoms. The summed E-state index contributed by atoms with van der Waals surface area (Å²) in [5.74, 6) is -0.149. The van der Waals surface area contributed by atoms with Gasteiger partial charge in [0.25, 0.3) is 0 Å². The molecule has 3 N–H and O–H groups in total. The topological polar surface area (TPSA) is 76.4 Å². The van der Waals surface area contributed by atoms with Crippen LogP contribution in [0.4, 0.5) is 4.39 Å². The highest BCUT2D eigenvalue weighted by atomic mass is 19.1. The maximum Gasteiger partial charge on any atom is 0.206 e. The molecule has 0 amide bonds. The first kappa shape index (κ1) is 9.45. The lowest BCUT2D eigenvalue weighted by molar-refractivity contribution is 0.318. The van der Waals surface area contributed by atoms with Crippen LogP contribution in [0.2, 0.25) is 0 Å². The SMILES string of the molecule is Cn1c(/C(N)=N/O)nc2ccc(F)cc21. The van der Waals surface area contributed by atoms with Gasteiger partial charge in [-0.15, -0.1) is 0 Å². The highest BCUT2D eigenvalue weighted by Crippen LogP contribution is 2.15. The lowest BCUT2D eigenvalue weighted by Crippen LogP contribution is -2.18. The van der Waals surface area contributed by atoms with Crippen LogP contribution in [-0.4, -0.2) is 20.6 Å². The Bertz CT molecular complexity index is 546. The summed E-state index contributed by atoms with van der Waals surface area (Å²) in [7, 11) is 1.67. The van der Waals surface area contributed by atoms with E-state index >= 15 is 0 Å². The van der Waals surface area contributed by atoms with Crippen molar-refractivity contribution in [2.24, 2.45) is 17.9 Å². The highest BCUT2D eigenvalue weighted by Gasteiger charge is 2.11. The Morgan fingerprint density at radius 3 is 3.00 bits per heavy atom. The van der Waals surface area contributed by atoms with E-state index in [9.17, 15) is 4.39 Å². The van der Waals surface area contributed by atoms with E-state index in [1.54, 1.807) is 17.7 Å². The number of aryl methyl sites for hydroxylation is 1. The number of benzene rings is 1. The minimum Gasteiger partial charge on any atom is -0.409 e. The van der Waals surface area contributed by atoms with E-state index in [0.717, 1.165) is 0 Å². The Kier molecular flexibility index (Phi) is 2.03. The molecular weight excluding hydrogens is 199 g/mol. The third-order valence-corrected chi connectivity index (χ3v) is 2.18. The molecule has 1 aromatic heterocycles. The number of imidazole rings is 1. The van der Waals surface area contributed by atoms with Crippen molar-refractivity contribution in [1.82, 2.24) is 9.55 Å². The Balaban J connectivity index is 2.75. The van der Waals surface area contributed by atoms with E-state index in [1.165, 1.54) is 12.1 Å². The monoisotopic (exact) mass is 208 g/mol. The molecule has 1 aromatic carbocycles. The number of rotatable bonds is 1. The van der Waals surface area contributed by atoms with Crippen LogP contribution in [0.5, 0.6) is 0 Å². The lowest BCUT2D eigenvalue weighted by atomic mass is 10.3. The molecule has 0 saturated carbocycles. The van der Waals surface area contributed by atoms with E-state index < -0.39 is 0 Å². The first-order valence-corrected chi connectivity index (χ1v) is 4.23. The van der Waals surface area contributed by atoms with Gasteiger partial charge < -0.3 is 15.5 Å². The summed E-state index contributed by atoms with van der Waals surface area (Å²) in [4.78, 5) is 4.10. The molecule has 0 saturated heterocycles. The average Bonchev–Trinajstić information content (AvgIpc) is 2.55. The fourth-order valence-electron chi connectivity index (χ4n) is 1.44. The summed E-state index contributed by atoms with van der Waals surface area (Å²) in [5, 5.41) is 11.4. The number of oxime groups is 1. The first-order valence-electron chi connectivity index (χ1n) is 4.23. The van der Waals surface area contributed by atoms with Crippen LogP contribution < -0.4 is 5.73 Å². The standard InChI is InChI=1S/C9H9FN4O/c1-14-7-4-5(10)2-3-6(7)12-9(14)8(11)13-15/h2-4,15H,1H3,(H2,11,13). The maximum atomic E-state index is 13.0. The van der Waals surface area contributed by atoms with Crippen molar-refractivity contribution in [3.05, 3.63) is 29.8 Å². The quantitative estimate of drug-likeness (QED) is 0.315.